The second-order valence-electron chi connectivity index (χ2n) is 9.93. The van der Waals surface area contributed by atoms with Gasteiger partial charge in [0.1, 0.15) is 17.1 Å². The fourth-order valence-corrected chi connectivity index (χ4v) is 3.65. The van der Waals surface area contributed by atoms with Crippen molar-refractivity contribution in [1.29, 1.82) is 0 Å². The van der Waals surface area contributed by atoms with Gasteiger partial charge in [0.15, 0.2) is 0 Å². The number of carbonyl (C=O) groups is 2. The lowest BCUT2D eigenvalue weighted by Gasteiger charge is -2.22. The number of aromatic amines is 1. The number of H-pyrrole nitrogens is 1. The number of hydrogen-bond acceptors (Lipinski definition) is 3. The van der Waals surface area contributed by atoms with Crippen molar-refractivity contribution in [3.63, 3.8) is 0 Å². The van der Waals surface area contributed by atoms with Crippen LogP contribution in [0.25, 0.3) is 22.0 Å². The molecule has 0 radical (unpaired) electrons. The molecule has 2 aromatic carbocycles. The highest BCUT2D eigenvalue weighted by molar-refractivity contribution is 5.98. The summed E-state index contributed by atoms with van der Waals surface area (Å²) >= 11 is 0. The SMILES string of the molecule is CC(CC[C@H](C)CNC(=O)c1cc2ccc(-c3ccc(F)cc3)cc2[nH]1)NC(=O)OC(C)(C)C. The summed E-state index contributed by atoms with van der Waals surface area (Å²) in [5.41, 5.74) is 2.68. The van der Waals surface area contributed by atoms with Crippen molar-refractivity contribution in [1.82, 2.24) is 15.6 Å². The van der Waals surface area contributed by atoms with Gasteiger partial charge in [-0.2, -0.15) is 0 Å². The summed E-state index contributed by atoms with van der Waals surface area (Å²) < 4.78 is 18.5. The van der Waals surface area contributed by atoms with E-state index >= 15 is 0 Å². The molecule has 0 aliphatic heterocycles. The zero-order chi connectivity index (χ0) is 24.9. The van der Waals surface area contributed by atoms with Crippen LogP contribution >= 0.6 is 0 Å². The molecule has 182 valence electrons. The van der Waals surface area contributed by atoms with E-state index in [9.17, 15) is 14.0 Å². The molecule has 7 heteroatoms. The Kier molecular flexibility index (Phi) is 7.97. The summed E-state index contributed by atoms with van der Waals surface area (Å²) in [6, 6.07) is 14.0. The molecular formula is C27H34FN3O3. The molecule has 0 aliphatic rings. The van der Waals surface area contributed by atoms with E-state index in [4.69, 9.17) is 4.74 Å². The third kappa shape index (κ3) is 7.33. The van der Waals surface area contributed by atoms with Gasteiger partial charge < -0.3 is 20.4 Å². The maximum absolute atomic E-state index is 13.2. The fourth-order valence-electron chi connectivity index (χ4n) is 3.65. The summed E-state index contributed by atoms with van der Waals surface area (Å²) in [6.45, 7) is 10.0. The highest BCUT2D eigenvalue weighted by atomic mass is 19.1. The third-order valence-corrected chi connectivity index (χ3v) is 5.51. The van der Waals surface area contributed by atoms with Gasteiger partial charge in [-0.3, -0.25) is 4.79 Å². The zero-order valence-corrected chi connectivity index (χ0v) is 20.5. The van der Waals surface area contributed by atoms with Crippen LogP contribution in [0.5, 0.6) is 0 Å². The van der Waals surface area contributed by atoms with Gasteiger partial charge in [0.2, 0.25) is 0 Å². The Hall–Kier alpha value is -3.35. The van der Waals surface area contributed by atoms with E-state index in [0.717, 1.165) is 34.9 Å². The maximum atomic E-state index is 13.2. The van der Waals surface area contributed by atoms with Crippen molar-refractivity contribution >= 4 is 22.9 Å². The minimum atomic E-state index is -0.521. The molecule has 34 heavy (non-hydrogen) atoms. The number of amides is 2. The molecule has 1 heterocycles. The number of nitrogens with one attached hydrogen (secondary N) is 3. The Morgan fingerprint density at radius 3 is 2.35 bits per heavy atom. The van der Waals surface area contributed by atoms with Crippen LogP contribution in [0.2, 0.25) is 0 Å². The van der Waals surface area contributed by atoms with E-state index in [-0.39, 0.29) is 23.7 Å². The van der Waals surface area contributed by atoms with Crippen LogP contribution in [0, 0.1) is 11.7 Å². The first kappa shape index (κ1) is 25.3. The van der Waals surface area contributed by atoms with Crippen molar-refractivity contribution in [3.8, 4) is 11.1 Å². The topological polar surface area (TPSA) is 83.2 Å². The number of hydrogen-bond donors (Lipinski definition) is 3. The lowest BCUT2D eigenvalue weighted by atomic mass is 10.0. The van der Waals surface area contributed by atoms with Gasteiger partial charge in [-0.15, -0.1) is 0 Å². The zero-order valence-electron chi connectivity index (χ0n) is 20.5. The standard InChI is InChI=1S/C27H34FN3O3/c1-17(6-7-18(2)30-26(33)34-27(3,4)5)16-29-25(32)24-15-21-9-8-20(14-23(21)31-24)19-10-12-22(28)13-11-19/h8-15,17-18,31H,6-7,16H2,1-5H3,(H,29,32)(H,30,33)/t17-,18?/m0/s1. The number of ether oxygens (including phenoxy) is 1. The first-order valence-corrected chi connectivity index (χ1v) is 11.7. The highest BCUT2D eigenvalue weighted by Gasteiger charge is 2.18. The molecule has 0 bridgehead atoms. The third-order valence-electron chi connectivity index (χ3n) is 5.51. The second-order valence-corrected chi connectivity index (χ2v) is 9.93. The molecule has 0 saturated heterocycles. The van der Waals surface area contributed by atoms with Gasteiger partial charge in [-0.1, -0.05) is 31.2 Å². The second kappa shape index (κ2) is 10.7. The van der Waals surface area contributed by atoms with E-state index in [1.54, 1.807) is 12.1 Å². The van der Waals surface area contributed by atoms with Crippen LogP contribution in [0.15, 0.2) is 48.5 Å². The summed E-state index contributed by atoms with van der Waals surface area (Å²) in [4.78, 5) is 27.7. The first-order chi connectivity index (χ1) is 16.0. The average molecular weight is 468 g/mol. The summed E-state index contributed by atoms with van der Waals surface area (Å²) in [5, 5.41) is 6.76. The molecule has 2 atom stereocenters. The van der Waals surface area contributed by atoms with E-state index in [0.29, 0.717) is 12.2 Å². The molecule has 2 amide bonds. The first-order valence-electron chi connectivity index (χ1n) is 11.7. The Morgan fingerprint density at radius 1 is 1.00 bits per heavy atom. The smallest absolute Gasteiger partial charge is 0.407 e. The van der Waals surface area contributed by atoms with Crippen LogP contribution < -0.4 is 10.6 Å². The van der Waals surface area contributed by atoms with E-state index in [1.807, 2.05) is 52.0 Å². The minimum absolute atomic E-state index is 0.0167. The quantitative estimate of drug-likeness (QED) is 0.378. The summed E-state index contributed by atoms with van der Waals surface area (Å²) in [5.74, 6) is -0.181. The average Bonchev–Trinajstić information content (AvgIpc) is 3.18. The van der Waals surface area contributed by atoms with Crippen LogP contribution in [0.4, 0.5) is 9.18 Å². The van der Waals surface area contributed by atoms with Gasteiger partial charge >= 0.3 is 6.09 Å². The number of rotatable bonds is 8. The van der Waals surface area contributed by atoms with Gasteiger partial charge in [-0.05, 0) is 81.8 Å². The molecule has 1 aromatic heterocycles. The lowest BCUT2D eigenvalue weighted by molar-refractivity contribution is 0.0505. The lowest BCUT2D eigenvalue weighted by Crippen LogP contribution is -2.38. The van der Waals surface area contributed by atoms with Crippen molar-refractivity contribution in [3.05, 3.63) is 60.0 Å². The molecule has 0 saturated carbocycles. The normalized spacial score (nSPS) is 13.4. The maximum Gasteiger partial charge on any atom is 0.407 e. The number of fused-ring (bicyclic) bond motifs is 1. The van der Waals surface area contributed by atoms with E-state index in [1.165, 1.54) is 12.1 Å². The molecule has 3 aromatic rings. The predicted octanol–water partition coefficient (Wildman–Crippen LogP) is 6.03. The van der Waals surface area contributed by atoms with Crippen LogP contribution in [0.1, 0.15) is 57.9 Å². The van der Waals surface area contributed by atoms with Crippen molar-refractivity contribution < 1.29 is 18.7 Å². The molecule has 0 aliphatic carbocycles. The molecule has 3 N–H and O–H groups in total. The summed E-state index contributed by atoms with van der Waals surface area (Å²) in [6.07, 6.45) is 1.22. The molecule has 1 unspecified atom stereocenters. The van der Waals surface area contributed by atoms with Crippen molar-refractivity contribution in [2.45, 2.75) is 59.1 Å². The Morgan fingerprint density at radius 2 is 1.68 bits per heavy atom. The van der Waals surface area contributed by atoms with Gasteiger partial charge in [-0.25, -0.2) is 9.18 Å². The molecule has 3 rings (SSSR count). The van der Waals surface area contributed by atoms with Crippen molar-refractivity contribution in [2.75, 3.05) is 6.54 Å². The highest BCUT2D eigenvalue weighted by Crippen LogP contribution is 2.25. The van der Waals surface area contributed by atoms with Crippen molar-refractivity contribution in [2.24, 2.45) is 5.92 Å². The Bertz CT molecular complexity index is 1130. The predicted molar refractivity (Wildman–Crippen MR) is 133 cm³/mol. The van der Waals surface area contributed by atoms with Gasteiger partial charge in [0.25, 0.3) is 5.91 Å². The Labute approximate surface area is 200 Å². The number of halogens is 1. The van der Waals surface area contributed by atoms with E-state index in [2.05, 4.69) is 22.5 Å². The van der Waals surface area contributed by atoms with Crippen LogP contribution in [-0.4, -0.2) is 35.2 Å². The minimum Gasteiger partial charge on any atom is -0.444 e. The Balaban J connectivity index is 1.49. The monoisotopic (exact) mass is 467 g/mol. The van der Waals surface area contributed by atoms with Crippen LogP contribution in [0.3, 0.4) is 0 Å². The van der Waals surface area contributed by atoms with Gasteiger partial charge in [0.05, 0.1) is 0 Å². The number of alkyl carbamates (subject to hydrolysis) is 1. The largest absolute Gasteiger partial charge is 0.444 e. The summed E-state index contributed by atoms with van der Waals surface area (Å²) in [7, 11) is 0. The molecule has 0 spiro atoms. The molecule has 0 fully saturated rings. The van der Waals surface area contributed by atoms with E-state index < -0.39 is 11.7 Å². The number of benzene rings is 2. The van der Waals surface area contributed by atoms with Gasteiger partial charge in [0, 0.05) is 23.5 Å². The molecule has 6 nitrogen and oxygen atoms in total. The number of aromatic nitrogens is 1. The number of carbonyl (C=O) groups excluding carboxylic acids is 2. The van der Waals surface area contributed by atoms with Crippen LogP contribution in [-0.2, 0) is 4.74 Å². The molecular weight excluding hydrogens is 433 g/mol. The fraction of sp³-hybridized carbons (Fsp3) is 0.407.